The summed E-state index contributed by atoms with van der Waals surface area (Å²) >= 11 is 0. The van der Waals surface area contributed by atoms with E-state index in [9.17, 15) is 9.59 Å². The highest BCUT2D eigenvalue weighted by Crippen LogP contribution is 2.21. The van der Waals surface area contributed by atoms with Crippen LogP contribution < -0.4 is 15.0 Å². The Kier molecular flexibility index (Phi) is 6.57. The van der Waals surface area contributed by atoms with Crippen LogP contribution in [0.4, 0.5) is 5.69 Å². The molecule has 2 rings (SSSR count). The van der Waals surface area contributed by atoms with Crippen molar-refractivity contribution in [2.45, 2.75) is 26.3 Å². The summed E-state index contributed by atoms with van der Waals surface area (Å²) in [5.74, 6) is 0.466. The number of nitrogens with zero attached hydrogens (tertiary/aromatic N) is 1. The molecule has 0 bridgehead atoms. The fourth-order valence-electron chi connectivity index (χ4n) is 2.60. The number of nitrogens with one attached hydrogen (secondary N) is 1. The third-order valence-electron chi connectivity index (χ3n) is 3.98. The molecule has 0 aliphatic carbocycles. The van der Waals surface area contributed by atoms with Gasteiger partial charge in [-0.25, -0.2) is 0 Å². The van der Waals surface area contributed by atoms with Gasteiger partial charge in [-0.2, -0.15) is 0 Å². The smallest absolute Gasteiger partial charge is 0.223 e. The molecule has 132 valence electrons. The van der Waals surface area contributed by atoms with Crippen LogP contribution in [0.2, 0.25) is 0 Å². The maximum atomic E-state index is 12.2. The lowest BCUT2D eigenvalue weighted by atomic mass is 10.1. The van der Waals surface area contributed by atoms with Gasteiger partial charge in [0.25, 0.3) is 0 Å². The minimum absolute atomic E-state index is 0.0729. The van der Waals surface area contributed by atoms with Crippen LogP contribution in [0.1, 0.15) is 31.9 Å². The Morgan fingerprint density at radius 1 is 1.12 bits per heavy atom. The maximum absolute atomic E-state index is 12.2. The van der Waals surface area contributed by atoms with E-state index < -0.39 is 0 Å². The molecule has 1 N–H and O–H groups in total. The molecule has 5 heteroatoms. The Bertz CT molecular complexity index is 716. The Morgan fingerprint density at radius 2 is 1.84 bits per heavy atom. The van der Waals surface area contributed by atoms with E-state index in [1.807, 2.05) is 55.5 Å². The highest BCUT2D eigenvalue weighted by molar-refractivity contribution is 5.92. The van der Waals surface area contributed by atoms with Gasteiger partial charge in [-0.3, -0.25) is 9.59 Å². The summed E-state index contributed by atoms with van der Waals surface area (Å²) < 4.78 is 5.19. The summed E-state index contributed by atoms with van der Waals surface area (Å²) in [6.07, 6.45) is 0.230. The largest absolute Gasteiger partial charge is 0.497 e. The van der Waals surface area contributed by atoms with Crippen molar-refractivity contribution in [2.24, 2.45) is 0 Å². The number of ether oxygens (including phenoxy) is 1. The van der Waals surface area contributed by atoms with E-state index >= 15 is 0 Å². The highest BCUT2D eigenvalue weighted by Gasteiger charge is 2.15. The van der Waals surface area contributed by atoms with Crippen LogP contribution in [0.5, 0.6) is 5.75 Å². The van der Waals surface area contributed by atoms with Crippen LogP contribution >= 0.6 is 0 Å². The Morgan fingerprint density at radius 3 is 2.48 bits per heavy atom. The van der Waals surface area contributed by atoms with Crippen molar-refractivity contribution in [3.63, 3.8) is 0 Å². The average molecular weight is 340 g/mol. The Balaban J connectivity index is 1.96. The van der Waals surface area contributed by atoms with Gasteiger partial charge in [0.15, 0.2) is 0 Å². The Labute approximate surface area is 148 Å². The number of hydrogen-bond donors (Lipinski definition) is 1. The fourth-order valence-corrected chi connectivity index (χ4v) is 2.60. The van der Waals surface area contributed by atoms with Gasteiger partial charge in [-0.05, 0) is 24.6 Å². The minimum atomic E-state index is -0.114. The molecule has 25 heavy (non-hydrogen) atoms. The van der Waals surface area contributed by atoms with Crippen LogP contribution in [0.3, 0.4) is 0 Å². The molecule has 0 saturated carbocycles. The first-order chi connectivity index (χ1) is 12.0. The van der Waals surface area contributed by atoms with E-state index in [0.29, 0.717) is 12.3 Å². The molecule has 2 aromatic rings. The number of methoxy groups -OCH3 is 1. The summed E-state index contributed by atoms with van der Waals surface area (Å²) in [5, 5.41) is 2.96. The zero-order valence-electron chi connectivity index (χ0n) is 14.9. The second kappa shape index (κ2) is 8.87. The average Bonchev–Trinajstić information content (AvgIpc) is 2.62. The minimum Gasteiger partial charge on any atom is -0.497 e. The molecule has 0 heterocycles. The molecule has 2 aromatic carbocycles. The first-order valence-electron chi connectivity index (χ1n) is 8.27. The number of benzene rings is 2. The second-order valence-electron chi connectivity index (χ2n) is 5.82. The van der Waals surface area contributed by atoms with Gasteiger partial charge in [0, 0.05) is 31.6 Å². The topological polar surface area (TPSA) is 58.6 Å². The molecule has 2 amide bonds. The summed E-state index contributed by atoms with van der Waals surface area (Å²) in [4.78, 5) is 25.8. The molecule has 0 aliphatic rings. The summed E-state index contributed by atoms with van der Waals surface area (Å²) in [6, 6.07) is 17.0. The van der Waals surface area contributed by atoms with Gasteiger partial charge in [-0.15, -0.1) is 0 Å². The van der Waals surface area contributed by atoms with E-state index in [0.717, 1.165) is 11.3 Å². The number of amides is 2. The predicted molar refractivity (Wildman–Crippen MR) is 98.6 cm³/mol. The van der Waals surface area contributed by atoms with E-state index in [2.05, 4.69) is 5.32 Å². The summed E-state index contributed by atoms with van der Waals surface area (Å²) in [5.41, 5.74) is 1.77. The van der Waals surface area contributed by atoms with Crippen molar-refractivity contribution in [3.05, 3.63) is 60.2 Å². The number of carbonyl (C=O) groups excluding carboxylic acids is 2. The molecular formula is C20H24N2O3. The molecular weight excluding hydrogens is 316 g/mol. The normalized spacial score (nSPS) is 11.5. The lowest BCUT2D eigenvalue weighted by Crippen LogP contribution is -2.34. The standard InChI is InChI=1S/C20H24N2O3/c1-15(17-8-5-4-6-9-17)21-20(24)12-13-22(16(2)23)18-10-7-11-19(14-18)25-3/h4-11,14-15H,12-13H2,1-3H3,(H,21,24). The lowest BCUT2D eigenvalue weighted by molar-refractivity contribution is -0.121. The van der Waals surface area contributed by atoms with Crippen LogP contribution in [-0.2, 0) is 9.59 Å². The number of carbonyl (C=O) groups is 2. The molecule has 1 unspecified atom stereocenters. The first-order valence-corrected chi connectivity index (χ1v) is 8.27. The van der Waals surface area contributed by atoms with Crippen molar-refractivity contribution in [2.75, 3.05) is 18.6 Å². The summed E-state index contributed by atoms with van der Waals surface area (Å²) in [7, 11) is 1.58. The van der Waals surface area contributed by atoms with Gasteiger partial charge in [0.05, 0.1) is 13.2 Å². The number of hydrogen-bond acceptors (Lipinski definition) is 3. The van der Waals surface area contributed by atoms with Crippen molar-refractivity contribution < 1.29 is 14.3 Å². The van der Waals surface area contributed by atoms with Gasteiger partial charge in [0.1, 0.15) is 5.75 Å². The van der Waals surface area contributed by atoms with E-state index in [-0.39, 0.29) is 24.3 Å². The third-order valence-corrected chi connectivity index (χ3v) is 3.98. The van der Waals surface area contributed by atoms with Crippen molar-refractivity contribution >= 4 is 17.5 Å². The molecule has 0 aliphatic heterocycles. The van der Waals surface area contributed by atoms with Gasteiger partial charge in [0.2, 0.25) is 11.8 Å². The van der Waals surface area contributed by atoms with Crippen molar-refractivity contribution in [1.29, 1.82) is 0 Å². The molecule has 1 atom stereocenters. The lowest BCUT2D eigenvalue weighted by Gasteiger charge is -2.22. The highest BCUT2D eigenvalue weighted by atomic mass is 16.5. The van der Waals surface area contributed by atoms with Crippen LogP contribution in [-0.4, -0.2) is 25.5 Å². The number of rotatable bonds is 7. The van der Waals surface area contributed by atoms with E-state index in [4.69, 9.17) is 4.74 Å². The molecule has 0 radical (unpaired) electrons. The zero-order chi connectivity index (χ0) is 18.2. The SMILES string of the molecule is COc1cccc(N(CCC(=O)NC(C)c2ccccc2)C(C)=O)c1. The predicted octanol–water partition coefficient (Wildman–Crippen LogP) is 3.32. The second-order valence-corrected chi connectivity index (χ2v) is 5.82. The van der Waals surface area contributed by atoms with E-state index in [1.54, 1.807) is 18.1 Å². The quantitative estimate of drug-likeness (QED) is 0.841. The van der Waals surface area contributed by atoms with Crippen LogP contribution in [0.15, 0.2) is 54.6 Å². The fraction of sp³-hybridized carbons (Fsp3) is 0.300. The van der Waals surface area contributed by atoms with E-state index in [1.165, 1.54) is 6.92 Å². The molecule has 5 nitrogen and oxygen atoms in total. The monoisotopic (exact) mass is 340 g/mol. The van der Waals surface area contributed by atoms with Crippen molar-refractivity contribution in [3.8, 4) is 5.75 Å². The van der Waals surface area contributed by atoms with Crippen LogP contribution in [0, 0.1) is 0 Å². The molecule has 0 spiro atoms. The van der Waals surface area contributed by atoms with Gasteiger partial charge in [-0.1, -0.05) is 36.4 Å². The molecule has 0 aromatic heterocycles. The first kappa shape index (κ1) is 18.5. The number of anilines is 1. The van der Waals surface area contributed by atoms with Crippen molar-refractivity contribution in [1.82, 2.24) is 5.32 Å². The molecule has 0 fully saturated rings. The van der Waals surface area contributed by atoms with Gasteiger partial charge < -0.3 is 15.0 Å². The Hall–Kier alpha value is -2.82. The summed E-state index contributed by atoms with van der Waals surface area (Å²) in [6.45, 7) is 3.75. The molecule has 0 saturated heterocycles. The maximum Gasteiger partial charge on any atom is 0.223 e. The van der Waals surface area contributed by atoms with Crippen LogP contribution in [0.25, 0.3) is 0 Å². The van der Waals surface area contributed by atoms with Gasteiger partial charge >= 0.3 is 0 Å². The third kappa shape index (κ3) is 5.35. The zero-order valence-corrected chi connectivity index (χ0v) is 14.9.